The van der Waals surface area contributed by atoms with E-state index in [2.05, 4.69) is 0 Å². The number of phenols is 1. The summed E-state index contributed by atoms with van der Waals surface area (Å²) in [4.78, 5) is 11.8. The maximum atomic E-state index is 12.9. The molecule has 0 fully saturated rings. The average Bonchev–Trinajstić information content (AvgIpc) is 2.74. The first-order valence-corrected chi connectivity index (χ1v) is 5.64. The standard InChI is InChI=1S/C12H9FO2S/c13-9-1-2-11(14)10(6-9)12(15)5-8-3-4-16-7-8/h1-4,6-7,14H,5H2. The predicted octanol–water partition coefficient (Wildman–Crippen LogP) is 3.02. The zero-order valence-electron chi connectivity index (χ0n) is 8.31. The Bertz CT molecular complexity index is 506. The van der Waals surface area contributed by atoms with Gasteiger partial charge in [-0.1, -0.05) is 0 Å². The number of ketones is 1. The summed E-state index contributed by atoms with van der Waals surface area (Å²) in [6.45, 7) is 0. The summed E-state index contributed by atoms with van der Waals surface area (Å²) in [5, 5.41) is 13.2. The molecule has 2 aromatic rings. The van der Waals surface area contributed by atoms with Gasteiger partial charge in [0.1, 0.15) is 11.6 Å². The average molecular weight is 236 g/mol. The number of Topliss-reactive ketones (excluding diaryl/α,β-unsaturated/α-hetero) is 1. The number of rotatable bonds is 3. The lowest BCUT2D eigenvalue weighted by Gasteiger charge is -2.02. The molecular weight excluding hydrogens is 227 g/mol. The minimum atomic E-state index is -0.522. The van der Waals surface area contributed by atoms with Crippen molar-refractivity contribution in [1.29, 1.82) is 0 Å². The van der Waals surface area contributed by atoms with Crippen molar-refractivity contribution in [3.63, 3.8) is 0 Å². The van der Waals surface area contributed by atoms with E-state index in [-0.39, 0.29) is 23.5 Å². The molecule has 2 nitrogen and oxygen atoms in total. The molecule has 4 heteroatoms. The highest BCUT2D eigenvalue weighted by Crippen LogP contribution is 2.20. The number of carbonyl (C=O) groups excluding carboxylic acids is 1. The fourth-order valence-electron chi connectivity index (χ4n) is 1.41. The highest BCUT2D eigenvalue weighted by atomic mass is 32.1. The number of aromatic hydroxyl groups is 1. The number of hydrogen-bond acceptors (Lipinski definition) is 3. The zero-order chi connectivity index (χ0) is 11.5. The Labute approximate surface area is 96.0 Å². The number of benzene rings is 1. The van der Waals surface area contributed by atoms with E-state index in [9.17, 15) is 14.3 Å². The van der Waals surface area contributed by atoms with E-state index in [1.807, 2.05) is 16.8 Å². The molecule has 1 N–H and O–H groups in total. The molecule has 0 bridgehead atoms. The second kappa shape index (κ2) is 4.45. The summed E-state index contributed by atoms with van der Waals surface area (Å²) in [5.41, 5.74) is 0.907. The molecule has 0 aliphatic rings. The first-order valence-electron chi connectivity index (χ1n) is 4.69. The van der Waals surface area contributed by atoms with E-state index in [4.69, 9.17) is 0 Å². The first kappa shape index (κ1) is 10.8. The van der Waals surface area contributed by atoms with Gasteiger partial charge in [0.25, 0.3) is 0 Å². The van der Waals surface area contributed by atoms with E-state index < -0.39 is 5.82 Å². The van der Waals surface area contributed by atoms with Gasteiger partial charge in [0.05, 0.1) is 5.56 Å². The molecule has 0 spiro atoms. The Morgan fingerprint density at radius 2 is 2.19 bits per heavy atom. The van der Waals surface area contributed by atoms with Crippen LogP contribution in [0, 0.1) is 5.82 Å². The number of hydrogen-bond donors (Lipinski definition) is 1. The third-order valence-corrected chi connectivity index (χ3v) is 2.94. The van der Waals surface area contributed by atoms with Crippen molar-refractivity contribution < 1.29 is 14.3 Å². The Morgan fingerprint density at radius 1 is 1.38 bits per heavy atom. The van der Waals surface area contributed by atoms with Gasteiger partial charge in [-0.25, -0.2) is 4.39 Å². The van der Waals surface area contributed by atoms with Gasteiger partial charge in [-0.15, -0.1) is 0 Å². The van der Waals surface area contributed by atoms with Crippen molar-refractivity contribution in [2.75, 3.05) is 0 Å². The SMILES string of the molecule is O=C(Cc1ccsc1)c1cc(F)ccc1O. The second-order valence-electron chi connectivity index (χ2n) is 3.39. The van der Waals surface area contributed by atoms with Crippen molar-refractivity contribution in [2.24, 2.45) is 0 Å². The monoisotopic (exact) mass is 236 g/mol. The third-order valence-electron chi connectivity index (χ3n) is 2.20. The van der Waals surface area contributed by atoms with Gasteiger partial charge < -0.3 is 5.11 Å². The van der Waals surface area contributed by atoms with Crippen LogP contribution in [0.1, 0.15) is 15.9 Å². The van der Waals surface area contributed by atoms with Crippen molar-refractivity contribution in [1.82, 2.24) is 0 Å². The lowest BCUT2D eigenvalue weighted by Crippen LogP contribution is -2.03. The van der Waals surface area contributed by atoms with E-state index in [0.717, 1.165) is 17.7 Å². The van der Waals surface area contributed by atoms with Crippen LogP contribution in [0.15, 0.2) is 35.0 Å². The van der Waals surface area contributed by atoms with Crippen LogP contribution in [-0.4, -0.2) is 10.9 Å². The number of phenolic OH excluding ortho intramolecular Hbond substituents is 1. The Kier molecular flexibility index (Phi) is 3.01. The van der Waals surface area contributed by atoms with Gasteiger partial charge in [-0.05, 0) is 40.6 Å². The van der Waals surface area contributed by atoms with Gasteiger partial charge in [-0.2, -0.15) is 11.3 Å². The molecule has 0 aliphatic heterocycles. The zero-order valence-corrected chi connectivity index (χ0v) is 9.13. The van der Waals surface area contributed by atoms with Gasteiger partial charge in [0.2, 0.25) is 0 Å². The van der Waals surface area contributed by atoms with Gasteiger partial charge in [0.15, 0.2) is 5.78 Å². The topological polar surface area (TPSA) is 37.3 Å². The fourth-order valence-corrected chi connectivity index (χ4v) is 2.07. The molecule has 16 heavy (non-hydrogen) atoms. The summed E-state index contributed by atoms with van der Waals surface area (Å²) in [5.74, 6) is -0.983. The molecular formula is C12H9FO2S. The summed E-state index contributed by atoms with van der Waals surface area (Å²) >= 11 is 1.50. The van der Waals surface area contributed by atoms with Crippen LogP contribution in [0.3, 0.4) is 0 Å². The molecule has 1 aromatic carbocycles. The van der Waals surface area contributed by atoms with Crippen LogP contribution < -0.4 is 0 Å². The van der Waals surface area contributed by atoms with Crippen molar-refractivity contribution in [2.45, 2.75) is 6.42 Å². The maximum absolute atomic E-state index is 12.9. The molecule has 0 aliphatic carbocycles. The van der Waals surface area contributed by atoms with Gasteiger partial charge in [0, 0.05) is 6.42 Å². The molecule has 0 atom stereocenters. The van der Waals surface area contributed by atoms with E-state index in [1.54, 1.807) is 0 Å². The van der Waals surface area contributed by atoms with Crippen LogP contribution in [0.25, 0.3) is 0 Å². The molecule has 0 amide bonds. The summed E-state index contributed by atoms with van der Waals surface area (Å²) in [6, 6.07) is 5.20. The van der Waals surface area contributed by atoms with Gasteiger partial charge >= 0.3 is 0 Å². The highest BCUT2D eigenvalue weighted by molar-refractivity contribution is 7.08. The number of carbonyl (C=O) groups is 1. The normalized spacial score (nSPS) is 10.3. The summed E-state index contributed by atoms with van der Waals surface area (Å²) in [6.07, 6.45) is 0.181. The van der Waals surface area contributed by atoms with Crippen LogP contribution >= 0.6 is 11.3 Å². The predicted molar refractivity (Wildman–Crippen MR) is 60.4 cm³/mol. The molecule has 1 aromatic heterocycles. The van der Waals surface area contributed by atoms with E-state index >= 15 is 0 Å². The van der Waals surface area contributed by atoms with Crippen LogP contribution in [0.4, 0.5) is 4.39 Å². The Hall–Kier alpha value is -1.68. The molecule has 2 rings (SSSR count). The molecule has 0 saturated carbocycles. The minimum Gasteiger partial charge on any atom is -0.507 e. The molecule has 0 unspecified atom stereocenters. The maximum Gasteiger partial charge on any atom is 0.171 e. The smallest absolute Gasteiger partial charge is 0.171 e. The molecule has 0 radical (unpaired) electrons. The Morgan fingerprint density at radius 3 is 2.88 bits per heavy atom. The largest absolute Gasteiger partial charge is 0.507 e. The van der Waals surface area contributed by atoms with Crippen LogP contribution in [0.2, 0.25) is 0 Å². The number of thiophene rings is 1. The molecule has 1 heterocycles. The van der Waals surface area contributed by atoms with E-state index in [0.29, 0.717) is 0 Å². The molecule has 0 saturated heterocycles. The minimum absolute atomic E-state index is 0.0335. The lowest BCUT2D eigenvalue weighted by atomic mass is 10.0. The van der Waals surface area contributed by atoms with Crippen molar-refractivity contribution in [3.05, 3.63) is 52.0 Å². The van der Waals surface area contributed by atoms with Crippen molar-refractivity contribution in [3.8, 4) is 5.75 Å². The van der Waals surface area contributed by atoms with Crippen LogP contribution in [0.5, 0.6) is 5.75 Å². The van der Waals surface area contributed by atoms with Crippen LogP contribution in [-0.2, 0) is 6.42 Å². The second-order valence-corrected chi connectivity index (χ2v) is 4.17. The van der Waals surface area contributed by atoms with E-state index in [1.165, 1.54) is 17.4 Å². The number of halogens is 1. The third kappa shape index (κ3) is 2.28. The lowest BCUT2D eigenvalue weighted by molar-refractivity contribution is 0.0990. The first-order chi connectivity index (χ1) is 7.66. The highest BCUT2D eigenvalue weighted by Gasteiger charge is 2.12. The van der Waals surface area contributed by atoms with Crippen molar-refractivity contribution >= 4 is 17.1 Å². The summed E-state index contributed by atoms with van der Waals surface area (Å²) in [7, 11) is 0. The van der Waals surface area contributed by atoms with Gasteiger partial charge in [-0.3, -0.25) is 4.79 Å². The Balaban J connectivity index is 2.24. The molecule has 82 valence electrons. The fraction of sp³-hybridized carbons (Fsp3) is 0.0833. The quantitative estimate of drug-likeness (QED) is 0.832. The summed E-state index contributed by atoms with van der Waals surface area (Å²) < 4.78 is 12.9.